The summed E-state index contributed by atoms with van der Waals surface area (Å²) in [7, 11) is 0. The zero-order valence-electron chi connectivity index (χ0n) is 9.58. The first kappa shape index (κ1) is 11.2. The molecule has 1 fully saturated rings. The van der Waals surface area contributed by atoms with E-state index in [0.29, 0.717) is 6.54 Å². The SMILES string of the molecule is O=C(NCc1ccco1)C1CCCCCC1. The predicted molar refractivity (Wildman–Crippen MR) is 61.7 cm³/mol. The summed E-state index contributed by atoms with van der Waals surface area (Å²) in [6.45, 7) is 0.516. The van der Waals surface area contributed by atoms with E-state index in [0.717, 1.165) is 18.6 Å². The second-order valence-corrected chi connectivity index (χ2v) is 4.49. The molecule has 3 heteroatoms. The number of furan rings is 1. The Balaban J connectivity index is 1.78. The molecule has 0 unspecified atom stereocenters. The van der Waals surface area contributed by atoms with Crippen LogP contribution < -0.4 is 5.32 Å². The highest BCUT2D eigenvalue weighted by atomic mass is 16.3. The predicted octanol–water partition coefficient (Wildman–Crippen LogP) is 2.87. The van der Waals surface area contributed by atoms with Crippen LogP contribution >= 0.6 is 0 Å². The van der Waals surface area contributed by atoms with Gasteiger partial charge < -0.3 is 9.73 Å². The van der Waals surface area contributed by atoms with Gasteiger partial charge in [-0.05, 0) is 25.0 Å². The summed E-state index contributed by atoms with van der Waals surface area (Å²) < 4.78 is 5.18. The van der Waals surface area contributed by atoms with E-state index in [1.54, 1.807) is 6.26 Å². The molecule has 1 aliphatic carbocycles. The highest BCUT2D eigenvalue weighted by Crippen LogP contribution is 2.22. The summed E-state index contributed by atoms with van der Waals surface area (Å²) in [4.78, 5) is 11.9. The van der Waals surface area contributed by atoms with E-state index in [1.165, 1.54) is 25.7 Å². The first-order valence-electron chi connectivity index (χ1n) is 6.16. The molecule has 88 valence electrons. The summed E-state index contributed by atoms with van der Waals surface area (Å²) in [5.74, 6) is 1.23. The van der Waals surface area contributed by atoms with E-state index >= 15 is 0 Å². The molecule has 0 spiro atoms. The van der Waals surface area contributed by atoms with Crippen LogP contribution in [0.3, 0.4) is 0 Å². The molecule has 0 bridgehead atoms. The number of amides is 1. The van der Waals surface area contributed by atoms with Crippen molar-refractivity contribution >= 4 is 5.91 Å². The molecular formula is C13H19NO2. The Bertz CT molecular complexity index is 311. The average molecular weight is 221 g/mol. The van der Waals surface area contributed by atoms with Crippen LogP contribution in [-0.2, 0) is 11.3 Å². The van der Waals surface area contributed by atoms with Crippen molar-refractivity contribution in [2.24, 2.45) is 5.92 Å². The fourth-order valence-corrected chi connectivity index (χ4v) is 2.27. The lowest BCUT2D eigenvalue weighted by Gasteiger charge is -2.13. The Kier molecular flexibility index (Phi) is 4.03. The third kappa shape index (κ3) is 3.12. The molecule has 1 amide bonds. The fourth-order valence-electron chi connectivity index (χ4n) is 2.27. The van der Waals surface area contributed by atoms with Crippen molar-refractivity contribution in [3.05, 3.63) is 24.2 Å². The van der Waals surface area contributed by atoms with E-state index in [-0.39, 0.29) is 11.8 Å². The summed E-state index contributed by atoms with van der Waals surface area (Å²) in [6, 6.07) is 3.72. The summed E-state index contributed by atoms with van der Waals surface area (Å²) in [5.41, 5.74) is 0. The molecular weight excluding hydrogens is 202 g/mol. The zero-order chi connectivity index (χ0) is 11.2. The van der Waals surface area contributed by atoms with Crippen molar-refractivity contribution in [3.63, 3.8) is 0 Å². The maximum atomic E-state index is 11.9. The maximum Gasteiger partial charge on any atom is 0.223 e. The zero-order valence-corrected chi connectivity index (χ0v) is 9.58. The minimum atomic E-state index is 0.193. The Morgan fingerprint density at radius 2 is 2.06 bits per heavy atom. The van der Waals surface area contributed by atoms with Crippen LogP contribution in [0.4, 0.5) is 0 Å². The van der Waals surface area contributed by atoms with Crippen LogP contribution in [0.2, 0.25) is 0 Å². The summed E-state index contributed by atoms with van der Waals surface area (Å²) >= 11 is 0. The molecule has 0 aromatic carbocycles. The lowest BCUT2D eigenvalue weighted by atomic mass is 9.99. The number of hydrogen-bond acceptors (Lipinski definition) is 2. The van der Waals surface area contributed by atoms with E-state index in [2.05, 4.69) is 5.32 Å². The van der Waals surface area contributed by atoms with Crippen LogP contribution in [0.15, 0.2) is 22.8 Å². The molecule has 1 aromatic rings. The fraction of sp³-hybridized carbons (Fsp3) is 0.615. The molecule has 2 rings (SSSR count). The van der Waals surface area contributed by atoms with Gasteiger partial charge in [-0.25, -0.2) is 0 Å². The third-order valence-electron chi connectivity index (χ3n) is 3.24. The molecule has 1 N–H and O–H groups in total. The van der Waals surface area contributed by atoms with Gasteiger partial charge in [0.1, 0.15) is 5.76 Å². The van der Waals surface area contributed by atoms with E-state index in [9.17, 15) is 4.79 Å². The maximum absolute atomic E-state index is 11.9. The van der Waals surface area contributed by atoms with Gasteiger partial charge in [0, 0.05) is 5.92 Å². The van der Waals surface area contributed by atoms with Gasteiger partial charge in [-0.1, -0.05) is 25.7 Å². The standard InChI is InChI=1S/C13H19NO2/c15-13(11-6-3-1-2-4-7-11)14-10-12-8-5-9-16-12/h5,8-9,11H,1-4,6-7,10H2,(H,14,15). The van der Waals surface area contributed by atoms with Gasteiger partial charge >= 0.3 is 0 Å². The van der Waals surface area contributed by atoms with Gasteiger partial charge in [-0.3, -0.25) is 4.79 Å². The minimum absolute atomic E-state index is 0.193. The lowest BCUT2D eigenvalue weighted by Crippen LogP contribution is -2.29. The van der Waals surface area contributed by atoms with Gasteiger partial charge in [-0.15, -0.1) is 0 Å². The first-order chi connectivity index (χ1) is 7.86. The minimum Gasteiger partial charge on any atom is -0.467 e. The molecule has 0 aliphatic heterocycles. The van der Waals surface area contributed by atoms with Crippen molar-refractivity contribution in [1.29, 1.82) is 0 Å². The highest BCUT2D eigenvalue weighted by molar-refractivity contribution is 5.78. The quantitative estimate of drug-likeness (QED) is 0.797. The molecule has 1 saturated carbocycles. The van der Waals surface area contributed by atoms with Crippen LogP contribution in [0.1, 0.15) is 44.3 Å². The largest absolute Gasteiger partial charge is 0.467 e. The lowest BCUT2D eigenvalue weighted by molar-refractivity contribution is -0.125. The Morgan fingerprint density at radius 1 is 1.31 bits per heavy atom. The summed E-state index contributed by atoms with van der Waals surface area (Å²) in [5, 5.41) is 2.95. The third-order valence-corrected chi connectivity index (χ3v) is 3.24. The highest BCUT2D eigenvalue weighted by Gasteiger charge is 2.19. The van der Waals surface area contributed by atoms with Crippen LogP contribution in [0.5, 0.6) is 0 Å². The molecule has 0 atom stereocenters. The van der Waals surface area contributed by atoms with E-state index in [4.69, 9.17) is 4.42 Å². The molecule has 3 nitrogen and oxygen atoms in total. The Hall–Kier alpha value is -1.25. The van der Waals surface area contributed by atoms with Crippen LogP contribution in [0, 0.1) is 5.92 Å². The number of nitrogens with one attached hydrogen (secondary N) is 1. The molecule has 16 heavy (non-hydrogen) atoms. The second kappa shape index (κ2) is 5.73. The normalized spacial score (nSPS) is 18.0. The molecule has 1 heterocycles. The second-order valence-electron chi connectivity index (χ2n) is 4.49. The molecule has 1 aliphatic rings. The van der Waals surface area contributed by atoms with Crippen molar-refractivity contribution in [3.8, 4) is 0 Å². The monoisotopic (exact) mass is 221 g/mol. The Morgan fingerprint density at radius 3 is 2.69 bits per heavy atom. The summed E-state index contributed by atoms with van der Waals surface area (Å²) in [6.07, 6.45) is 8.67. The van der Waals surface area contributed by atoms with E-state index in [1.807, 2.05) is 12.1 Å². The number of hydrogen-bond donors (Lipinski definition) is 1. The topological polar surface area (TPSA) is 42.2 Å². The van der Waals surface area contributed by atoms with Crippen molar-refractivity contribution < 1.29 is 9.21 Å². The number of carbonyl (C=O) groups excluding carboxylic acids is 1. The van der Waals surface area contributed by atoms with Crippen molar-refractivity contribution in [1.82, 2.24) is 5.32 Å². The average Bonchev–Trinajstić information content (AvgIpc) is 2.66. The van der Waals surface area contributed by atoms with Crippen molar-refractivity contribution in [2.45, 2.75) is 45.1 Å². The molecule has 0 radical (unpaired) electrons. The van der Waals surface area contributed by atoms with Crippen molar-refractivity contribution in [2.75, 3.05) is 0 Å². The van der Waals surface area contributed by atoms with Gasteiger partial charge in [0.25, 0.3) is 0 Å². The molecule has 0 saturated heterocycles. The van der Waals surface area contributed by atoms with E-state index < -0.39 is 0 Å². The van der Waals surface area contributed by atoms with Gasteiger partial charge in [0.05, 0.1) is 12.8 Å². The van der Waals surface area contributed by atoms with Gasteiger partial charge in [0.15, 0.2) is 0 Å². The smallest absolute Gasteiger partial charge is 0.223 e. The molecule has 1 aromatic heterocycles. The number of carbonyl (C=O) groups is 1. The van der Waals surface area contributed by atoms with Crippen LogP contribution in [-0.4, -0.2) is 5.91 Å². The van der Waals surface area contributed by atoms with Crippen LogP contribution in [0.25, 0.3) is 0 Å². The number of rotatable bonds is 3. The van der Waals surface area contributed by atoms with Gasteiger partial charge in [-0.2, -0.15) is 0 Å². The van der Waals surface area contributed by atoms with Gasteiger partial charge in [0.2, 0.25) is 5.91 Å². The first-order valence-corrected chi connectivity index (χ1v) is 6.16. The Labute approximate surface area is 96.2 Å².